The van der Waals surface area contributed by atoms with E-state index in [1.807, 2.05) is 13.0 Å². The first kappa shape index (κ1) is 15.0. The standard InChI is InChI=1S/C17H23FO2/c1-3-4-12-5-6-15(17(19)20)16(9-12)13-7-11(2)8-14(18)10-13/h7-8,10,12,15-16H,3-6,9H2,1-2H3,(H,19,20). The maximum atomic E-state index is 13.6. The second-order valence-electron chi connectivity index (χ2n) is 6.08. The number of hydrogen-bond donors (Lipinski definition) is 1. The molecule has 0 bridgehead atoms. The van der Waals surface area contributed by atoms with Gasteiger partial charge in [-0.3, -0.25) is 4.79 Å². The van der Waals surface area contributed by atoms with Crippen molar-refractivity contribution in [3.8, 4) is 0 Å². The number of aryl methyl sites for hydroxylation is 1. The van der Waals surface area contributed by atoms with Crippen LogP contribution in [-0.4, -0.2) is 11.1 Å². The first-order chi connectivity index (χ1) is 9.51. The molecule has 2 nitrogen and oxygen atoms in total. The molecule has 0 heterocycles. The van der Waals surface area contributed by atoms with Crippen LogP contribution in [0.25, 0.3) is 0 Å². The molecule has 1 aliphatic carbocycles. The molecule has 3 heteroatoms. The molecule has 3 atom stereocenters. The van der Waals surface area contributed by atoms with Crippen LogP contribution in [0.1, 0.15) is 56.1 Å². The highest BCUT2D eigenvalue weighted by Crippen LogP contribution is 2.42. The number of benzene rings is 1. The van der Waals surface area contributed by atoms with Gasteiger partial charge >= 0.3 is 5.97 Å². The van der Waals surface area contributed by atoms with Crippen LogP contribution in [0.15, 0.2) is 18.2 Å². The Kier molecular flexibility index (Phi) is 4.79. The van der Waals surface area contributed by atoms with E-state index >= 15 is 0 Å². The summed E-state index contributed by atoms with van der Waals surface area (Å²) in [6, 6.07) is 4.95. The number of carbonyl (C=O) groups is 1. The zero-order valence-electron chi connectivity index (χ0n) is 12.2. The van der Waals surface area contributed by atoms with Crippen LogP contribution in [0.2, 0.25) is 0 Å². The van der Waals surface area contributed by atoms with Crippen molar-refractivity contribution in [2.45, 2.75) is 51.9 Å². The van der Waals surface area contributed by atoms with Gasteiger partial charge in [-0.2, -0.15) is 0 Å². The quantitative estimate of drug-likeness (QED) is 0.879. The Morgan fingerprint density at radius 2 is 2.10 bits per heavy atom. The highest BCUT2D eigenvalue weighted by atomic mass is 19.1. The van der Waals surface area contributed by atoms with Gasteiger partial charge in [-0.1, -0.05) is 25.8 Å². The smallest absolute Gasteiger partial charge is 0.307 e. The summed E-state index contributed by atoms with van der Waals surface area (Å²) in [6.45, 7) is 4.01. The van der Waals surface area contributed by atoms with Gasteiger partial charge in [0.25, 0.3) is 0 Å². The molecule has 1 saturated carbocycles. The van der Waals surface area contributed by atoms with E-state index in [0.29, 0.717) is 12.3 Å². The predicted octanol–water partition coefficient (Wildman–Crippen LogP) is 4.52. The van der Waals surface area contributed by atoms with Crippen LogP contribution >= 0.6 is 0 Å². The molecule has 1 aliphatic rings. The minimum atomic E-state index is -0.744. The Bertz CT molecular complexity index is 464. The van der Waals surface area contributed by atoms with Gasteiger partial charge in [0.15, 0.2) is 0 Å². The van der Waals surface area contributed by atoms with Crippen LogP contribution < -0.4 is 0 Å². The molecular weight excluding hydrogens is 255 g/mol. The summed E-state index contributed by atoms with van der Waals surface area (Å²) in [5.41, 5.74) is 1.72. The van der Waals surface area contributed by atoms with E-state index in [2.05, 4.69) is 6.92 Å². The highest BCUT2D eigenvalue weighted by Gasteiger charge is 2.35. The first-order valence-electron chi connectivity index (χ1n) is 7.51. The molecule has 3 unspecified atom stereocenters. The molecule has 1 fully saturated rings. The summed E-state index contributed by atoms with van der Waals surface area (Å²) in [5, 5.41) is 9.43. The SMILES string of the molecule is CCCC1CCC(C(=O)O)C(c2cc(C)cc(F)c2)C1. The molecule has 1 aromatic carbocycles. The van der Waals surface area contributed by atoms with Crippen molar-refractivity contribution in [3.63, 3.8) is 0 Å². The van der Waals surface area contributed by atoms with Gasteiger partial charge in [0, 0.05) is 0 Å². The maximum Gasteiger partial charge on any atom is 0.307 e. The van der Waals surface area contributed by atoms with Gasteiger partial charge in [-0.15, -0.1) is 0 Å². The number of hydrogen-bond acceptors (Lipinski definition) is 1. The van der Waals surface area contributed by atoms with E-state index in [4.69, 9.17) is 0 Å². The molecule has 20 heavy (non-hydrogen) atoms. The summed E-state index contributed by atoms with van der Waals surface area (Å²) in [6.07, 6.45) is 4.82. The highest BCUT2D eigenvalue weighted by molar-refractivity contribution is 5.71. The number of aliphatic carboxylic acids is 1. The fraction of sp³-hybridized carbons (Fsp3) is 0.588. The monoisotopic (exact) mass is 278 g/mol. The van der Waals surface area contributed by atoms with Crippen molar-refractivity contribution in [2.75, 3.05) is 0 Å². The third-order valence-corrected chi connectivity index (χ3v) is 4.47. The summed E-state index contributed by atoms with van der Waals surface area (Å²) in [5.74, 6) is -0.853. The average Bonchev–Trinajstić information content (AvgIpc) is 2.37. The molecule has 0 aliphatic heterocycles. The van der Waals surface area contributed by atoms with Crippen LogP contribution in [-0.2, 0) is 4.79 Å². The minimum absolute atomic E-state index is 0.0489. The second-order valence-corrected chi connectivity index (χ2v) is 6.08. The molecule has 0 amide bonds. The Morgan fingerprint density at radius 1 is 1.35 bits per heavy atom. The lowest BCUT2D eigenvalue weighted by molar-refractivity contribution is -0.143. The predicted molar refractivity (Wildman–Crippen MR) is 77.3 cm³/mol. The summed E-state index contributed by atoms with van der Waals surface area (Å²) in [7, 11) is 0. The van der Waals surface area contributed by atoms with Gasteiger partial charge in [-0.05, 0) is 61.3 Å². The Balaban J connectivity index is 2.28. The van der Waals surface area contributed by atoms with Crippen molar-refractivity contribution in [1.29, 1.82) is 0 Å². The molecule has 1 aromatic rings. The molecule has 1 N–H and O–H groups in total. The largest absolute Gasteiger partial charge is 0.481 e. The fourth-order valence-electron chi connectivity index (χ4n) is 3.57. The molecule has 0 radical (unpaired) electrons. The second kappa shape index (κ2) is 6.38. The van der Waals surface area contributed by atoms with Crippen LogP contribution in [0.3, 0.4) is 0 Å². The number of halogens is 1. The van der Waals surface area contributed by atoms with Crippen molar-refractivity contribution in [3.05, 3.63) is 35.1 Å². The molecular formula is C17H23FO2. The van der Waals surface area contributed by atoms with Crippen molar-refractivity contribution < 1.29 is 14.3 Å². The van der Waals surface area contributed by atoms with E-state index < -0.39 is 5.97 Å². The van der Waals surface area contributed by atoms with E-state index in [9.17, 15) is 14.3 Å². The molecule has 0 aromatic heterocycles. The Morgan fingerprint density at radius 3 is 2.70 bits per heavy atom. The minimum Gasteiger partial charge on any atom is -0.481 e. The van der Waals surface area contributed by atoms with Crippen molar-refractivity contribution in [2.24, 2.45) is 11.8 Å². The van der Waals surface area contributed by atoms with Crippen LogP contribution in [0.4, 0.5) is 4.39 Å². The summed E-state index contributed by atoms with van der Waals surface area (Å²) < 4.78 is 13.6. The van der Waals surface area contributed by atoms with Crippen LogP contribution in [0, 0.1) is 24.6 Å². The van der Waals surface area contributed by atoms with Crippen molar-refractivity contribution in [1.82, 2.24) is 0 Å². The first-order valence-corrected chi connectivity index (χ1v) is 7.51. The normalized spacial score (nSPS) is 26.4. The third-order valence-electron chi connectivity index (χ3n) is 4.47. The zero-order valence-corrected chi connectivity index (χ0v) is 12.2. The fourth-order valence-corrected chi connectivity index (χ4v) is 3.57. The molecule has 110 valence electrons. The van der Waals surface area contributed by atoms with Gasteiger partial charge in [-0.25, -0.2) is 4.39 Å². The lowest BCUT2D eigenvalue weighted by Gasteiger charge is -2.34. The lowest BCUT2D eigenvalue weighted by Crippen LogP contribution is -2.29. The Hall–Kier alpha value is -1.38. The van der Waals surface area contributed by atoms with E-state index in [1.165, 1.54) is 12.1 Å². The molecule has 0 saturated heterocycles. The topological polar surface area (TPSA) is 37.3 Å². The molecule has 2 rings (SSSR count). The zero-order chi connectivity index (χ0) is 14.7. The van der Waals surface area contributed by atoms with Gasteiger partial charge < -0.3 is 5.11 Å². The van der Waals surface area contributed by atoms with Gasteiger partial charge in [0.1, 0.15) is 5.82 Å². The third kappa shape index (κ3) is 3.38. The van der Waals surface area contributed by atoms with Gasteiger partial charge in [0.05, 0.1) is 5.92 Å². The van der Waals surface area contributed by atoms with Crippen molar-refractivity contribution >= 4 is 5.97 Å². The van der Waals surface area contributed by atoms with E-state index in [1.54, 1.807) is 0 Å². The van der Waals surface area contributed by atoms with Crippen LogP contribution in [0.5, 0.6) is 0 Å². The number of rotatable bonds is 4. The lowest BCUT2D eigenvalue weighted by atomic mass is 9.70. The van der Waals surface area contributed by atoms with E-state index in [-0.39, 0.29) is 17.7 Å². The Labute approximate surface area is 120 Å². The number of carboxylic acids is 1. The number of carboxylic acid groups (broad SMARTS) is 1. The summed E-state index contributed by atoms with van der Waals surface area (Å²) in [4.78, 5) is 11.5. The van der Waals surface area contributed by atoms with Gasteiger partial charge in [0.2, 0.25) is 0 Å². The maximum absolute atomic E-state index is 13.6. The average molecular weight is 278 g/mol. The van der Waals surface area contributed by atoms with E-state index in [0.717, 1.165) is 36.8 Å². The summed E-state index contributed by atoms with van der Waals surface area (Å²) >= 11 is 0. The molecule has 0 spiro atoms.